The number of hydrogen-bond donors (Lipinski definition) is 1. The first-order chi connectivity index (χ1) is 14.0. The van der Waals surface area contributed by atoms with Crippen LogP contribution in [0.25, 0.3) is 0 Å². The Bertz CT molecular complexity index is 968. The third kappa shape index (κ3) is 5.89. The number of nitrogens with one attached hydrogen (secondary N) is 1. The Labute approximate surface area is 176 Å². The van der Waals surface area contributed by atoms with Gasteiger partial charge in [0.2, 0.25) is 0 Å². The Kier molecular flexibility index (Phi) is 6.97. The molecule has 0 aliphatic rings. The van der Waals surface area contributed by atoms with Gasteiger partial charge in [-0.2, -0.15) is 0 Å². The van der Waals surface area contributed by atoms with Crippen molar-refractivity contribution in [2.24, 2.45) is 0 Å². The van der Waals surface area contributed by atoms with Crippen molar-refractivity contribution >= 4 is 33.6 Å². The zero-order valence-corrected chi connectivity index (χ0v) is 16.9. The highest BCUT2D eigenvalue weighted by atomic mass is 79.9. The van der Waals surface area contributed by atoms with Crippen LogP contribution in [-0.2, 0) is 16.0 Å². The fourth-order valence-electron chi connectivity index (χ4n) is 2.64. The van der Waals surface area contributed by atoms with E-state index < -0.39 is 24.5 Å². The fraction of sp³-hybridized carbons (Fsp3) is 0.136. The predicted octanol–water partition coefficient (Wildman–Crippen LogP) is 3.81. The van der Waals surface area contributed by atoms with Gasteiger partial charge in [-0.1, -0.05) is 58.4 Å². The second-order valence-corrected chi connectivity index (χ2v) is 7.15. The van der Waals surface area contributed by atoms with Gasteiger partial charge in [0.25, 0.3) is 5.91 Å². The van der Waals surface area contributed by atoms with Gasteiger partial charge in [-0.05, 0) is 29.8 Å². The summed E-state index contributed by atoms with van der Waals surface area (Å²) in [5.74, 6) is -1.48. The van der Waals surface area contributed by atoms with E-state index in [2.05, 4.69) is 21.2 Å². The minimum absolute atomic E-state index is 0.0850. The molecule has 7 heteroatoms. The van der Waals surface area contributed by atoms with Crippen LogP contribution in [0.3, 0.4) is 0 Å². The Balaban J connectivity index is 1.66. The number of esters is 1. The van der Waals surface area contributed by atoms with Gasteiger partial charge in [-0.3, -0.25) is 9.59 Å². The van der Waals surface area contributed by atoms with Crippen molar-refractivity contribution in [1.29, 1.82) is 0 Å². The lowest BCUT2D eigenvalue weighted by Gasteiger charge is -2.17. The van der Waals surface area contributed by atoms with E-state index in [0.717, 1.165) is 10.0 Å². The number of carbonyl (C=O) groups is 3. The van der Waals surface area contributed by atoms with Gasteiger partial charge in [0, 0.05) is 16.5 Å². The Morgan fingerprint density at radius 3 is 2.34 bits per heavy atom. The smallest absolute Gasteiger partial charge is 0.329 e. The SMILES string of the molecule is O=C(COC(=O)[C@H](Cc1ccccc1)NC(=O)c1ccco1)c1ccc(Br)cc1. The van der Waals surface area contributed by atoms with Crippen LogP contribution >= 0.6 is 15.9 Å². The third-order valence-electron chi connectivity index (χ3n) is 4.13. The molecule has 3 rings (SSSR count). The first kappa shape index (κ1) is 20.5. The van der Waals surface area contributed by atoms with Crippen molar-refractivity contribution < 1.29 is 23.5 Å². The van der Waals surface area contributed by atoms with Crippen molar-refractivity contribution in [2.45, 2.75) is 12.5 Å². The quantitative estimate of drug-likeness (QED) is 0.412. The lowest BCUT2D eigenvalue weighted by atomic mass is 10.1. The Morgan fingerprint density at radius 2 is 1.69 bits per heavy atom. The summed E-state index contributed by atoms with van der Waals surface area (Å²) >= 11 is 3.30. The summed E-state index contributed by atoms with van der Waals surface area (Å²) < 4.78 is 11.1. The van der Waals surface area contributed by atoms with Crippen LogP contribution in [0, 0.1) is 0 Å². The maximum absolute atomic E-state index is 12.6. The first-order valence-corrected chi connectivity index (χ1v) is 9.66. The molecule has 6 nitrogen and oxygen atoms in total. The number of halogens is 1. The molecule has 0 saturated heterocycles. The van der Waals surface area contributed by atoms with E-state index in [1.54, 1.807) is 30.3 Å². The molecule has 1 aromatic heterocycles. The molecule has 0 aliphatic heterocycles. The summed E-state index contributed by atoms with van der Waals surface area (Å²) in [6.45, 7) is -0.414. The summed E-state index contributed by atoms with van der Waals surface area (Å²) in [4.78, 5) is 37.2. The molecule has 0 saturated carbocycles. The monoisotopic (exact) mass is 455 g/mol. The highest BCUT2D eigenvalue weighted by Gasteiger charge is 2.25. The molecule has 1 heterocycles. The van der Waals surface area contributed by atoms with E-state index in [0.29, 0.717) is 5.56 Å². The molecule has 2 aromatic carbocycles. The van der Waals surface area contributed by atoms with E-state index in [1.807, 2.05) is 30.3 Å². The van der Waals surface area contributed by atoms with Crippen LogP contribution < -0.4 is 5.32 Å². The third-order valence-corrected chi connectivity index (χ3v) is 4.66. The van der Waals surface area contributed by atoms with Crippen LogP contribution in [-0.4, -0.2) is 30.3 Å². The van der Waals surface area contributed by atoms with Crippen LogP contribution in [0.5, 0.6) is 0 Å². The molecular weight excluding hydrogens is 438 g/mol. The van der Waals surface area contributed by atoms with Gasteiger partial charge in [0.1, 0.15) is 6.04 Å². The van der Waals surface area contributed by atoms with Gasteiger partial charge in [-0.25, -0.2) is 4.79 Å². The minimum atomic E-state index is -0.965. The second-order valence-electron chi connectivity index (χ2n) is 6.23. The molecule has 0 radical (unpaired) electrons. The molecule has 1 amide bonds. The van der Waals surface area contributed by atoms with Crippen molar-refractivity contribution in [3.8, 4) is 0 Å². The summed E-state index contributed by atoms with van der Waals surface area (Å²) in [5, 5.41) is 2.61. The summed E-state index contributed by atoms with van der Waals surface area (Å²) in [7, 11) is 0. The van der Waals surface area contributed by atoms with Gasteiger partial charge in [-0.15, -0.1) is 0 Å². The van der Waals surface area contributed by atoms with E-state index in [1.165, 1.54) is 12.3 Å². The predicted molar refractivity (Wildman–Crippen MR) is 110 cm³/mol. The van der Waals surface area contributed by atoms with Crippen molar-refractivity contribution in [3.05, 3.63) is 94.4 Å². The van der Waals surface area contributed by atoms with Crippen molar-refractivity contribution in [1.82, 2.24) is 5.32 Å². The molecular formula is C22H18BrNO5. The van der Waals surface area contributed by atoms with Crippen LogP contribution in [0.2, 0.25) is 0 Å². The number of hydrogen-bond acceptors (Lipinski definition) is 5. The topological polar surface area (TPSA) is 85.6 Å². The fourth-order valence-corrected chi connectivity index (χ4v) is 2.90. The summed E-state index contributed by atoms with van der Waals surface area (Å²) in [6.07, 6.45) is 1.59. The van der Waals surface area contributed by atoms with E-state index in [4.69, 9.17) is 9.15 Å². The number of benzene rings is 2. The molecule has 0 spiro atoms. The van der Waals surface area contributed by atoms with Crippen molar-refractivity contribution in [2.75, 3.05) is 6.61 Å². The molecule has 0 bridgehead atoms. The molecule has 1 atom stereocenters. The van der Waals surface area contributed by atoms with E-state index in [9.17, 15) is 14.4 Å². The Hall–Kier alpha value is -3.19. The van der Waals surface area contributed by atoms with Gasteiger partial charge >= 0.3 is 5.97 Å². The first-order valence-electron chi connectivity index (χ1n) is 8.86. The standard InChI is InChI=1S/C22H18BrNO5/c23-17-10-8-16(9-11-17)19(25)14-29-22(27)18(13-15-5-2-1-3-6-15)24-21(26)20-7-4-12-28-20/h1-12,18H,13-14H2,(H,24,26)/t18-/m0/s1. The number of Topliss-reactive ketones (excluding diaryl/α,β-unsaturated/α-hetero) is 1. The molecule has 0 aliphatic carbocycles. The number of amides is 1. The normalized spacial score (nSPS) is 11.5. The van der Waals surface area contributed by atoms with Gasteiger partial charge in [0.15, 0.2) is 18.2 Å². The lowest BCUT2D eigenvalue weighted by molar-refractivity contribution is -0.144. The molecule has 0 unspecified atom stereocenters. The second kappa shape index (κ2) is 9.84. The van der Waals surface area contributed by atoms with Gasteiger partial charge in [0.05, 0.1) is 6.26 Å². The number of carbonyl (C=O) groups excluding carboxylic acids is 3. The molecule has 29 heavy (non-hydrogen) atoms. The minimum Gasteiger partial charge on any atom is -0.459 e. The highest BCUT2D eigenvalue weighted by Crippen LogP contribution is 2.12. The molecule has 0 fully saturated rings. The van der Waals surface area contributed by atoms with Crippen LogP contribution in [0.15, 0.2) is 81.9 Å². The van der Waals surface area contributed by atoms with Crippen molar-refractivity contribution in [3.63, 3.8) is 0 Å². The van der Waals surface area contributed by atoms with Crippen LogP contribution in [0.1, 0.15) is 26.5 Å². The lowest BCUT2D eigenvalue weighted by Crippen LogP contribution is -2.43. The average Bonchev–Trinajstić information content (AvgIpc) is 3.27. The van der Waals surface area contributed by atoms with E-state index in [-0.39, 0.29) is 18.0 Å². The number of furan rings is 1. The maximum Gasteiger partial charge on any atom is 0.329 e. The maximum atomic E-state index is 12.6. The average molecular weight is 456 g/mol. The number of ketones is 1. The number of ether oxygens (including phenoxy) is 1. The molecule has 148 valence electrons. The van der Waals surface area contributed by atoms with Gasteiger partial charge < -0.3 is 14.5 Å². The highest BCUT2D eigenvalue weighted by molar-refractivity contribution is 9.10. The van der Waals surface area contributed by atoms with E-state index >= 15 is 0 Å². The molecule has 3 aromatic rings. The molecule has 1 N–H and O–H groups in total. The Morgan fingerprint density at radius 1 is 0.966 bits per heavy atom. The summed E-state index contributed by atoms with van der Waals surface area (Å²) in [6, 6.07) is 18.1. The zero-order chi connectivity index (χ0) is 20.6. The van der Waals surface area contributed by atoms with Crippen LogP contribution in [0.4, 0.5) is 0 Å². The number of rotatable bonds is 8. The largest absolute Gasteiger partial charge is 0.459 e. The zero-order valence-electron chi connectivity index (χ0n) is 15.3. The summed E-state index contributed by atoms with van der Waals surface area (Å²) in [5.41, 5.74) is 1.27.